The van der Waals surface area contributed by atoms with Crippen molar-refractivity contribution in [2.75, 3.05) is 24.1 Å². The SMILES string of the molecule is CC(C)(C)OC(=O)N1CCC(n2c(=O)n(-c3ccc(C(=O)Nc4ccc(C(F)(F)F)cn4)cc3)c3c(N)ncnc32)C1. The van der Waals surface area contributed by atoms with Crippen LogP contribution in [0.3, 0.4) is 0 Å². The van der Waals surface area contributed by atoms with Gasteiger partial charge in [-0.15, -0.1) is 0 Å². The molecule has 2 amide bonds. The van der Waals surface area contributed by atoms with E-state index in [-0.39, 0.29) is 29.3 Å². The molecule has 4 aromatic rings. The Morgan fingerprint density at radius 2 is 1.76 bits per heavy atom. The van der Waals surface area contributed by atoms with E-state index in [1.807, 2.05) is 0 Å². The molecule has 0 spiro atoms. The molecule has 3 N–H and O–H groups in total. The van der Waals surface area contributed by atoms with E-state index in [9.17, 15) is 27.6 Å². The fourth-order valence-electron chi connectivity index (χ4n) is 4.67. The number of hydrogen-bond acceptors (Lipinski definition) is 8. The number of amides is 2. The molecular weight excluding hydrogens is 557 g/mol. The van der Waals surface area contributed by atoms with E-state index in [0.29, 0.717) is 30.5 Å². The highest BCUT2D eigenvalue weighted by atomic mass is 19.4. The molecule has 1 aliphatic rings. The van der Waals surface area contributed by atoms with E-state index >= 15 is 0 Å². The van der Waals surface area contributed by atoms with Gasteiger partial charge in [0, 0.05) is 24.8 Å². The minimum Gasteiger partial charge on any atom is -0.444 e. The molecule has 1 aromatic carbocycles. The number of nitrogens with two attached hydrogens (primary N) is 1. The summed E-state index contributed by atoms with van der Waals surface area (Å²) in [6.45, 7) is 5.94. The van der Waals surface area contributed by atoms with Crippen molar-refractivity contribution in [2.45, 2.75) is 45.0 Å². The standard InChI is InChI=1S/C27H27F3N8O4/c1-26(2,3)42-25(41)36-11-10-18(13-36)38-22-20(21(31)33-14-34-22)37(24(38)40)17-7-4-15(5-8-17)23(39)35-19-9-6-16(12-32-19)27(28,29)30/h4-9,12,14,18H,10-11,13H2,1-3H3,(H2,31,33,34)(H,32,35,39). The van der Waals surface area contributed by atoms with Crippen molar-refractivity contribution < 1.29 is 27.5 Å². The maximum absolute atomic E-state index is 13.8. The van der Waals surface area contributed by atoms with E-state index in [1.54, 1.807) is 20.8 Å². The Balaban J connectivity index is 1.42. The summed E-state index contributed by atoms with van der Waals surface area (Å²) in [5.74, 6) is -0.606. The van der Waals surface area contributed by atoms with E-state index in [2.05, 4.69) is 20.3 Å². The van der Waals surface area contributed by atoms with Crippen molar-refractivity contribution in [3.8, 4) is 5.69 Å². The van der Waals surface area contributed by atoms with Crippen LogP contribution in [0.2, 0.25) is 0 Å². The van der Waals surface area contributed by atoms with Crippen LogP contribution in [0.25, 0.3) is 16.9 Å². The number of halogens is 3. The first-order valence-corrected chi connectivity index (χ1v) is 12.9. The summed E-state index contributed by atoms with van der Waals surface area (Å²) in [6.07, 6.45) is -2.66. The van der Waals surface area contributed by atoms with Gasteiger partial charge in [-0.1, -0.05) is 0 Å². The number of alkyl halides is 3. The number of likely N-dealkylation sites (tertiary alicyclic amines) is 1. The fraction of sp³-hybridized carbons (Fsp3) is 0.333. The van der Waals surface area contributed by atoms with Gasteiger partial charge >= 0.3 is 18.0 Å². The van der Waals surface area contributed by atoms with Crippen LogP contribution < -0.4 is 16.7 Å². The average Bonchev–Trinajstić information content (AvgIpc) is 3.50. The topological polar surface area (TPSA) is 150 Å². The molecule has 1 fully saturated rings. The zero-order valence-electron chi connectivity index (χ0n) is 22.8. The summed E-state index contributed by atoms with van der Waals surface area (Å²) in [7, 11) is 0. The van der Waals surface area contributed by atoms with Crippen LogP contribution in [0, 0.1) is 0 Å². The zero-order chi connectivity index (χ0) is 30.4. The molecule has 1 aliphatic heterocycles. The fourth-order valence-corrected chi connectivity index (χ4v) is 4.67. The number of benzene rings is 1. The van der Waals surface area contributed by atoms with Gasteiger partial charge < -0.3 is 20.7 Å². The van der Waals surface area contributed by atoms with Gasteiger partial charge in [0.25, 0.3) is 5.91 Å². The molecule has 5 rings (SSSR count). The van der Waals surface area contributed by atoms with E-state index in [1.165, 1.54) is 44.6 Å². The van der Waals surface area contributed by atoms with E-state index in [4.69, 9.17) is 10.5 Å². The summed E-state index contributed by atoms with van der Waals surface area (Å²) in [5, 5.41) is 2.44. The zero-order valence-corrected chi connectivity index (χ0v) is 22.8. The smallest absolute Gasteiger partial charge is 0.417 e. The van der Waals surface area contributed by atoms with Crippen LogP contribution in [0.1, 0.15) is 49.2 Å². The van der Waals surface area contributed by atoms with Gasteiger partial charge in [0.15, 0.2) is 11.5 Å². The quantitative estimate of drug-likeness (QED) is 0.365. The highest BCUT2D eigenvalue weighted by Gasteiger charge is 2.34. The third kappa shape index (κ3) is 5.62. The Bertz CT molecular complexity index is 1710. The highest BCUT2D eigenvalue weighted by Crippen LogP contribution is 2.30. The van der Waals surface area contributed by atoms with Gasteiger partial charge in [0.05, 0.1) is 17.3 Å². The van der Waals surface area contributed by atoms with Gasteiger partial charge in [-0.2, -0.15) is 13.2 Å². The number of anilines is 2. The van der Waals surface area contributed by atoms with Crippen molar-refractivity contribution >= 4 is 34.8 Å². The lowest BCUT2D eigenvalue weighted by molar-refractivity contribution is -0.137. The summed E-state index contributed by atoms with van der Waals surface area (Å²) in [5.41, 5.74) is 5.21. The molecule has 0 aliphatic carbocycles. The molecule has 0 bridgehead atoms. The maximum Gasteiger partial charge on any atom is 0.417 e. The van der Waals surface area contributed by atoms with Gasteiger partial charge in [-0.05, 0) is 63.6 Å². The second-order valence-electron chi connectivity index (χ2n) is 10.7. The predicted octanol–water partition coefficient (Wildman–Crippen LogP) is 4.01. The van der Waals surface area contributed by atoms with Gasteiger partial charge in [0.2, 0.25) is 0 Å². The number of rotatable bonds is 4. The van der Waals surface area contributed by atoms with Crippen molar-refractivity contribution in [1.29, 1.82) is 0 Å². The van der Waals surface area contributed by atoms with Crippen molar-refractivity contribution in [1.82, 2.24) is 29.0 Å². The number of hydrogen-bond donors (Lipinski definition) is 2. The normalized spacial score (nSPS) is 15.7. The summed E-state index contributed by atoms with van der Waals surface area (Å²) in [6, 6.07) is 7.41. The summed E-state index contributed by atoms with van der Waals surface area (Å²) in [4.78, 5) is 52.6. The molecule has 0 radical (unpaired) electrons. The number of pyridine rings is 1. The molecule has 15 heteroatoms. The number of carbonyl (C=O) groups is 2. The number of nitrogens with zero attached hydrogens (tertiary/aromatic N) is 6. The largest absolute Gasteiger partial charge is 0.444 e. The van der Waals surface area contributed by atoms with Crippen LogP contribution in [0.4, 0.5) is 29.6 Å². The lowest BCUT2D eigenvalue weighted by Crippen LogP contribution is -2.36. The third-order valence-electron chi connectivity index (χ3n) is 6.58. The number of ether oxygens (including phenoxy) is 1. The average molecular weight is 585 g/mol. The molecule has 1 atom stereocenters. The minimum atomic E-state index is -4.55. The first-order valence-electron chi connectivity index (χ1n) is 12.9. The number of imidazole rings is 1. The van der Waals surface area contributed by atoms with E-state index < -0.39 is 41.1 Å². The first kappa shape index (κ1) is 28.6. The first-order chi connectivity index (χ1) is 19.7. The molecule has 12 nitrogen and oxygen atoms in total. The number of carbonyl (C=O) groups excluding carboxylic acids is 2. The van der Waals surface area contributed by atoms with Gasteiger partial charge in [-0.25, -0.2) is 24.5 Å². The molecule has 0 saturated carbocycles. The monoisotopic (exact) mass is 584 g/mol. The number of fused-ring (bicyclic) bond motifs is 1. The molecule has 4 heterocycles. The Morgan fingerprint density at radius 1 is 1.05 bits per heavy atom. The summed E-state index contributed by atoms with van der Waals surface area (Å²) >= 11 is 0. The van der Waals surface area contributed by atoms with Crippen LogP contribution in [-0.4, -0.2) is 59.7 Å². The Hall–Kier alpha value is -4.95. The Labute approximate surface area is 236 Å². The van der Waals surface area contributed by atoms with Crippen molar-refractivity contribution in [3.63, 3.8) is 0 Å². The van der Waals surface area contributed by atoms with Gasteiger partial charge in [0.1, 0.15) is 23.3 Å². The molecule has 1 saturated heterocycles. The van der Waals surface area contributed by atoms with Crippen LogP contribution >= 0.6 is 0 Å². The molecule has 3 aromatic heterocycles. The predicted molar refractivity (Wildman–Crippen MR) is 146 cm³/mol. The van der Waals surface area contributed by atoms with Crippen molar-refractivity contribution in [2.24, 2.45) is 0 Å². The Morgan fingerprint density at radius 3 is 2.38 bits per heavy atom. The highest BCUT2D eigenvalue weighted by molar-refractivity contribution is 6.03. The number of nitrogen functional groups attached to an aromatic ring is 1. The Kier molecular flexibility index (Phi) is 7.12. The second kappa shape index (κ2) is 10.5. The van der Waals surface area contributed by atoms with Crippen LogP contribution in [0.15, 0.2) is 53.7 Å². The molecule has 220 valence electrons. The minimum absolute atomic E-state index is 0.0572. The van der Waals surface area contributed by atoms with E-state index in [0.717, 1.165) is 12.1 Å². The maximum atomic E-state index is 13.8. The molecular formula is C27H27F3N8O4. The van der Waals surface area contributed by atoms with Crippen LogP contribution in [-0.2, 0) is 10.9 Å². The summed E-state index contributed by atoms with van der Waals surface area (Å²) < 4.78 is 46.6. The molecule has 1 unspecified atom stereocenters. The number of aromatic nitrogens is 5. The second-order valence-corrected chi connectivity index (χ2v) is 10.7. The van der Waals surface area contributed by atoms with Crippen LogP contribution in [0.5, 0.6) is 0 Å². The van der Waals surface area contributed by atoms with Crippen molar-refractivity contribution in [3.05, 3.63) is 70.5 Å². The number of nitrogens with one attached hydrogen (secondary N) is 1. The van der Waals surface area contributed by atoms with Gasteiger partial charge in [-0.3, -0.25) is 13.9 Å². The molecule has 42 heavy (non-hydrogen) atoms. The lowest BCUT2D eigenvalue weighted by atomic mass is 10.2. The lowest BCUT2D eigenvalue weighted by Gasteiger charge is -2.24. The third-order valence-corrected chi connectivity index (χ3v) is 6.58.